The second-order valence-electron chi connectivity index (χ2n) is 4.02. The van der Waals surface area contributed by atoms with Crippen molar-refractivity contribution in [2.75, 3.05) is 26.3 Å². The Labute approximate surface area is 102 Å². The summed E-state index contributed by atoms with van der Waals surface area (Å²) in [5.74, 6) is -0.973. The zero-order valence-electron chi connectivity index (χ0n) is 10.5. The van der Waals surface area contributed by atoms with Crippen LogP contribution in [-0.4, -0.2) is 54.2 Å². The van der Waals surface area contributed by atoms with E-state index in [1.54, 1.807) is 4.90 Å². The molecule has 0 atom stereocenters. The molecule has 1 amide bonds. The van der Waals surface area contributed by atoms with E-state index >= 15 is 0 Å². The highest BCUT2D eigenvalue weighted by atomic mass is 16.5. The van der Waals surface area contributed by atoms with E-state index in [-0.39, 0.29) is 25.0 Å². The maximum Gasteiger partial charge on any atom is 0.303 e. The quantitative estimate of drug-likeness (QED) is 0.561. The fraction of sp³-hybridized carbons (Fsp3) is 0.818. The van der Waals surface area contributed by atoms with Crippen molar-refractivity contribution in [3.63, 3.8) is 0 Å². The second-order valence-corrected chi connectivity index (χ2v) is 4.02. The summed E-state index contributed by atoms with van der Waals surface area (Å²) >= 11 is 0. The van der Waals surface area contributed by atoms with Gasteiger partial charge in [0, 0.05) is 25.6 Å². The minimum absolute atomic E-state index is 0.00243. The van der Waals surface area contributed by atoms with Gasteiger partial charge in [0.2, 0.25) is 5.91 Å². The van der Waals surface area contributed by atoms with Crippen molar-refractivity contribution in [2.45, 2.75) is 32.7 Å². The highest BCUT2D eigenvalue weighted by Crippen LogP contribution is 2.03. The van der Waals surface area contributed by atoms with Crippen LogP contribution in [0.1, 0.15) is 26.7 Å². The first kappa shape index (κ1) is 15.9. The number of hydrogen-bond donors (Lipinski definition) is 2. The summed E-state index contributed by atoms with van der Waals surface area (Å²) in [6, 6.07) is 0.0396. The van der Waals surface area contributed by atoms with Crippen LogP contribution in [0.15, 0.2) is 0 Å². The van der Waals surface area contributed by atoms with E-state index in [9.17, 15) is 9.59 Å². The third kappa shape index (κ3) is 7.70. The fourth-order valence-electron chi connectivity index (χ4n) is 1.40. The van der Waals surface area contributed by atoms with Crippen LogP contribution in [0, 0.1) is 0 Å². The maximum absolute atomic E-state index is 11.7. The summed E-state index contributed by atoms with van der Waals surface area (Å²) in [5.41, 5.74) is 5.25. The van der Waals surface area contributed by atoms with Crippen molar-refractivity contribution in [1.82, 2.24) is 4.90 Å². The maximum atomic E-state index is 11.7. The highest BCUT2D eigenvalue weighted by molar-refractivity contribution is 5.77. The number of carbonyl (C=O) groups excluding carboxylic acids is 1. The lowest BCUT2D eigenvalue weighted by atomic mass is 10.2. The molecule has 0 spiro atoms. The van der Waals surface area contributed by atoms with Gasteiger partial charge in [-0.3, -0.25) is 9.59 Å². The Hall–Kier alpha value is -1.14. The molecule has 3 N–H and O–H groups in total. The van der Waals surface area contributed by atoms with Crippen molar-refractivity contribution < 1.29 is 19.4 Å². The number of carbonyl (C=O) groups is 2. The summed E-state index contributed by atoms with van der Waals surface area (Å²) in [6.45, 7) is 4.96. The number of nitrogens with two attached hydrogens (primary N) is 1. The Morgan fingerprint density at radius 1 is 1.41 bits per heavy atom. The van der Waals surface area contributed by atoms with Gasteiger partial charge in [-0.05, 0) is 20.3 Å². The predicted octanol–water partition coefficient (Wildman–Crippen LogP) is 0.0635. The van der Waals surface area contributed by atoms with Gasteiger partial charge < -0.3 is 20.5 Å². The van der Waals surface area contributed by atoms with Gasteiger partial charge in [-0.2, -0.15) is 0 Å². The number of nitrogens with zero attached hydrogens (tertiary/aromatic N) is 1. The number of ether oxygens (including phenoxy) is 1. The van der Waals surface area contributed by atoms with Crippen molar-refractivity contribution in [2.24, 2.45) is 5.73 Å². The van der Waals surface area contributed by atoms with Crippen LogP contribution >= 0.6 is 0 Å². The van der Waals surface area contributed by atoms with Gasteiger partial charge in [-0.25, -0.2) is 0 Å². The third-order valence-electron chi connectivity index (χ3n) is 2.22. The number of aliphatic carboxylic acids is 1. The van der Waals surface area contributed by atoms with E-state index in [2.05, 4.69) is 0 Å². The zero-order valence-corrected chi connectivity index (χ0v) is 10.5. The highest BCUT2D eigenvalue weighted by Gasteiger charge is 2.16. The molecule has 0 aliphatic rings. The summed E-state index contributed by atoms with van der Waals surface area (Å²) in [7, 11) is 0. The van der Waals surface area contributed by atoms with Gasteiger partial charge in [-0.1, -0.05) is 0 Å². The molecular formula is C11H22N2O4. The summed E-state index contributed by atoms with van der Waals surface area (Å²) in [5, 5.41) is 8.53. The molecule has 0 aliphatic heterocycles. The van der Waals surface area contributed by atoms with Crippen molar-refractivity contribution in [3.05, 3.63) is 0 Å². The Bertz CT molecular complexity index is 244. The van der Waals surface area contributed by atoms with Gasteiger partial charge in [0.1, 0.15) is 6.61 Å². The zero-order chi connectivity index (χ0) is 13.3. The number of rotatable bonds is 9. The number of carboxylic acid groups (broad SMARTS) is 1. The predicted molar refractivity (Wildman–Crippen MR) is 63.6 cm³/mol. The van der Waals surface area contributed by atoms with Crippen LogP contribution in [0.5, 0.6) is 0 Å². The molecule has 0 aromatic carbocycles. The second kappa shape index (κ2) is 8.95. The topological polar surface area (TPSA) is 92.9 Å². The van der Waals surface area contributed by atoms with E-state index in [1.807, 2.05) is 13.8 Å². The van der Waals surface area contributed by atoms with Crippen LogP contribution in [0.25, 0.3) is 0 Å². The summed E-state index contributed by atoms with van der Waals surface area (Å²) in [4.78, 5) is 23.8. The van der Waals surface area contributed by atoms with Gasteiger partial charge in [0.15, 0.2) is 0 Å². The van der Waals surface area contributed by atoms with E-state index < -0.39 is 5.97 Å². The normalized spacial score (nSPS) is 10.6. The molecule has 0 saturated carbocycles. The molecule has 6 heteroatoms. The molecule has 0 unspecified atom stereocenters. The Balaban J connectivity index is 4.03. The summed E-state index contributed by atoms with van der Waals surface area (Å²) in [6.07, 6.45) is 0.524. The molecular weight excluding hydrogens is 224 g/mol. The first-order valence-electron chi connectivity index (χ1n) is 5.78. The van der Waals surface area contributed by atoms with Crippen LogP contribution in [-0.2, 0) is 14.3 Å². The molecule has 0 saturated heterocycles. The standard InChI is InChI=1S/C11H22N2O4/c1-9(2)13(6-3-4-11(15)16)10(14)8-17-7-5-12/h9H,3-8,12H2,1-2H3,(H,15,16). The fourth-order valence-corrected chi connectivity index (χ4v) is 1.40. The van der Waals surface area contributed by atoms with Crippen molar-refractivity contribution >= 4 is 11.9 Å². The SMILES string of the molecule is CC(C)N(CCCC(=O)O)C(=O)COCCN. The third-order valence-corrected chi connectivity index (χ3v) is 2.22. The lowest BCUT2D eigenvalue weighted by molar-refractivity contribution is -0.140. The molecule has 0 aromatic rings. The van der Waals surface area contributed by atoms with Gasteiger partial charge in [0.05, 0.1) is 6.61 Å². The van der Waals surface area contributed by atoms with Crippen LogP contribution in [0.4, 0.5) is 0 Å². The van der Waals surface area contributed by atoms with Crippen molar-refractivity contribution in [1.29, 1.82) is 0 Å². The smallest absolute Gasteiger partial charge is 0.303 e. The van der Waals surface area contributed by atoms with E-state index in [1.165, 1.54) is 0 Å². The monoisotopic (exact) mass is 246 g/mol. The largest absolute Gasteiger partial charge is 0.481 e. The lowest BCUT2D eigenvalue weighted by Crippen LogP contribution is -2.40. The van der Waals surface area contributed by atoms with E-state index in [4.69, 9.17) is 15.6 Å². The Morgan fingerprint density at radius 3 is 2.53 bits per heavy atom. The first-order valence-corrected chi connectivity index (χ1v) is 5.78. The number of amides is 1. The minimum Gasteiger partial charge on any atom is -0.481 e. The number of hydrogen-bond acceptors (Lipinski definition) is 4. The van der Waals surface area contributed by atoms with E-state index in [0.717, 1.165) is 0 Å². The van der Waals surface area contributed by atoms with Gasteiger partial charge in [0.25, 0.3) is 0 Å². The Kier molecular flexibility index (Phi) is 8.35. The number of carboxylic acids is 1. The molecule has 17 heavy (non-hydrogen) atoms. The molecule has 6 nitrogen and oxygen atoms in total. The average Bonchev–Trinajstić information content (AvgIpc) is 2.23. The molecule has 0 rings (SSSR count). The molecule has 0 aliphatic carbocycles. The molecule has 100 valence electrons. The molecule has 0 aromatic heterocycles. The molecule has 0 heterocycles. The van der Waals surface area contributed by atoms with Crippen LogP contribution in [0.2, 0.25) is 0 Å². The van der Waals surface area contributed by atoms with E-state index in [0.29, 0.717) is 26.1 Å². The average molecular weight is 246 g/mol. The molecule has 0 fully saturated rings. The van der Waals surface area contributed by atoms with Crippen LogP contribution < -0.4 is 5.73 Å². The lowest BCUT2D eigenvalue weighted by Gasteiger charge is -2.26. The van der Waals surface area contributed by atoms with Crippen molar-refractivity contribution in [3.8, 4) is 0 Å². The summed E-state index contributed by atoms with van der Waals surface area (Å²) < 4.78 is 5.07. The minimum atomic E-state index is -0.847. The van der Waals surface area contributed by atoms with Gasteiger partial charge >= 0.3 is 5.97 Å². The Morgan fingerprint density at radius 2 is 2.06 bits per heavy atom. The molecule has 0 bridgehead atoms. The van der Waals surface area contributed by atoms with Gasteiger partial charge in [-0.15, -0.1) is 0 Å². The first-order chi connectivity index (χ1) is 7.99. The van der Waals surface area contributed by atoms with Crippen LogP contribution in [0.3, 0.4) is 0 Å². The molecule has 0 radical (unpaired) electrons.